The normalized spacial score (nSPS) is 34.7. The van der Waals surface area contributed by atoms with Crippen molar-refractivity contribution in [3.63, 3.8) is 0 Å². The number of nitrogens with two attached hydrogens (primary N) is 2. The molecule has 2 rings (SSSR count). The molecule has 0 spiro atoms. The van der Waals surface area contributed by atoms with Gasteiger partial charge < -0.3 is 27.0 Å². The number of carbonyl (C=O) groups is 2. The molecule has 2 aliphatic heterocycles. The average molecular weight is 274 g/mol. The van der Waals surface area contributed by atoms with E-state index < -0.39 is 6.10 Å². The molecule has 0 aromatic rings. The van der Waals surface area contributed by atoms with Crippen LogP contribution in [0, 0.1) is 0 Å². The largest absolute Gasteiger partial charge is 0.392 e. The molecule has 2 saturated heterocycles. The Kier molecular flexibility index (Phi) is 5.67. The van der Waals surface area contributed by atoms with Gasteiger partial charge in [0.15, 0.2) is 0 Å². The van der Waals surface area contributed by atoms with Crippen LogP contribution in [0.3, 0.4) is 0 Å². The lowest BCUT2D eigenvalue weighted by Gasteiger charge is -2.13. The van der Waals surface area contributed by atoms with E-state index in [4.69, 9.17) is 21.7 Å². The maximum Gasteiger partial charge on any atom is 0.234 e. The molecule has 0 bridgehead atoms. The Morgan fingerprint density at radius 1 is 1.16 bits per heavy atom. The summed E-state index contributed by atoms with van der Waals surface area (Å²) in [6.07, 6.45) is 0.145. The highest BCUT2D eigenvalue weighted by atomic mass is 16.3. The van der Waals surface area contributed by atoms with Crippen molar-refractivity contribution in [1.29, 1.82) is 0 Å². The molecule has 2 heterocycles. The molecule has 0 aliphatic carbocycles. The third-order valence-electron chi connectivity index (χ3n) is 3.31. The minimum Gasteiger partial charge on any atom is -0.392 e. The maximum absolute atomic E-state index is 10.6. The van der Waals surface area contributed by atoms with Gasteiger partial charge in [0, 0.05) is 13.1 Å². The predicted molar refractivity (Wildman–Crippen MR) is 67.8 cm³/mol. The molecular weight excluding hydrogens is 252 g/mol. The van der Waals surface area contributed by atoms with E-state index in [1.54, 1.807) is 11.9 Å². The Bertz CT molecular complexity index is 339. The molecule has 2 amide bonds. The van der Waals surface area contributed by atoms with Gasteiger partial charge in [0.05, 0.1) is 24.3 Å². The van der Waals surface area contributed by atoms with E-state index in [0.29, 0.717) is 25.9 Å². The van der Waals surface area contributed by atoms with Gasteiger partial charge in [0.1, 0.15) is 0 Å². The Morgan fingerprint density at radius 2 is 1.79 bits per heavy atom. The molecule has 19 heavy (non-hydrogen) atoms. The molecule has 0 aromatic carbocycles. The Morgan fingerprint density at radius 3 is 2.00 bits per heavy atom. The van der Waals surface area contributed by atoms with E-state index in [2.05, 4.69) is 5.32 Å². The molecule has 7 N–H and O–H groups in total. The minimum absolute atomic E-state index is 0.269. The van der Waals surface area contributed by atoms with Crippen molar-refractivity contribution >= 4 is 11.8 Å². The molecular formula is C11H22N4O4. The number of rotatable bonds is 2. The first-order valence-electron chi connectivity index (χ1n) is 6.19. The molecule has 4 atom stereocenters. The van der Waals surface area contributed by atoms with Crippen molar-refractivity contribution in [2.75, 3.05) is 20.1 Å². The number of amides is 2. The highest BCUT2D eigenvalue weighted by Crippen LogP contribution is 2.14. The van der Waals surface area contributed by atoms with E-state index in [1.807, 2.05) is 0 Å². The van der Waals surface area contributed by atoms with Crippen LogP contribution < -0.4 is 16.8 Å². The van der Waals surface area contributed by atoms with Crippen LogP contribution in [0.5, 0.6) is 0 Å². The van der Waals surface area contributed by atoms with Crippen LogP contribution in [0.1, 0.15) is 12.8 Å². The first-order valence-corrected chi connectivity index (χ1v) is 6.19. The number of nitrogens with zero attached hydrogens (tertiary/aromatic N) is 1. The molecule has 8 nitrogen and oxygen atoms in total. The van der Waals surface area contributed by atoms with Crippen LogP contribution in [-0.4, -0.2) is 71.4 Å². The zero-order valence-corrected chi connectivity index (χ0v) is 11.0. The Balaban J connectivity index is 0.000000191. The second-order valence-electron chi connectivity index (χ2n) is 5.00. The first kappa shape index (κ1) is 15.8. The predicted octanol–water partition coefficient (Wildman–Crippen LogP) is -3.27. The fourth-order valence-corrected chi connectivity index (χ4v) is 2.24. The average Bonchev–Trinajstić information content (AvgIpc) is 2.85. The van der Waals surface area contributed by atoms with Crippen molar-refractivity contribution in [3.05, 3.63) is 0 Å². The van der Waals surface area contributed by atoms with Crippen LogP contribution >= 0.6 is 0 Å². The summed E-state index contributed by atoms with van der Waals surface area (Å²) in [5, 5.41) is 20.7. The first-order chi connectivity index (χ1) is 8.81. The number of likely N-dealkylation sites (tertiary alicyclic amines) is 1. The number of hydrogen-bond donors (Lipinski definition) is 5. The van der Waals surface area contributed by atoms with Crippen LogP contribution in [0.25, 0.3) is 0 Å². The smallest absolute Gasteiger partial charge is 0.234 e. The van der Waals surface area contributed by atoms with Gasteiger partial charge in [-0.15, -0.1) is 0 Å². The molecule has 0 saturated carbocycles. The van der Waals surface area contributed by atoms with Crippen molar-refractivity contribution in [1.82, 2.24) is 10.2 Å². The van der Waals surface area contributed by atoms with Crippen LogP contribution in [0.4, 0.5) is 0 Å². The van der Waals surface area contributed by atoms with Crippen molar-refractivity contribution in [2.45, 2.75) is 37.1 Å². The van der Waals surface area contributed by atoms with Crippen LogP contribution in [-0.2, 0) is 9.59 Å². The van der Waals surface area contributed by atoms with E-state index >= 15 is 0 Å². The van der Waals surface area contributed by atoms with E-state index in [0.717, 1.165) is 0 Å². The van der Waals surface area contributed by atoms with Gasteiger partial charge in [-0.3, -0.25) is 14.5 Å². The zero-order chi connectivity index (χ0) is 14.6. The van der Waals surface area contributed by atoms with Crippen LogP contribution in [0.2, 0.25) is 0 Å². The summed E-state index contributed by atoms with van der Waals surface area (Å²) in [5.74, 6) is -0.731. The highest BCUT2D eigenvalue weighted by Gasteiger charge is 2.31. The van der Waals surface area contributed by atoms with Gasteiger partial charge in [-0.1, -0.05) is 0 Å². The summed E-state index contributed by atoms with van der Waals surface area (Å²) in [5.41, 5.74) is 10.0. The number of likely N-dealkylation sites (N-methyl/N-ethyl adjacent to an activating group) is 1. The fraction of sp³-hybridized carbons (Fsp3) is 0.818. The lowest BCUT2D eigenvalue weighted by atomic mass is 10.2. The molecule has 2 aliphatic rings. The SMILES string of the molecule is CN1C[C@@H](O)C[C@H]1C(N)=O.NC(=O)[C@@H]1C[C@H](O)CN1. The van der Waals surface area contributed by atoms with E-state index in [-0.39, 0.29) is 30.0 Å². The standard InChI is InChI=1S/C6H12N2O2.C5H10N2O2/c1-8-3-4(9)2-5(8)6(7)10;6-5(9)4-1-3(8)2-7-4/h4-5,9H,2-3H2,1H3,(H2,7,10);3-4,7-8H,1-2H2,(H2,6,9)/t4-,5-;3-,4-/m00/s1. The van der Waals surface area contributed by atoms with E-state index in [9.17, 15) is 9.59 Å². The van der Waals surface area contributed by atoms with Gasteiger partial charge in [0.25, 0.3) is 0 Å². The number of β-amino-alcohol motifs (C(OH)–C–C–N with tert-alkyl or cyclic N) is 2. The highest BCUT2D eigenvalue weighted by molar-refractivity contribution is 5.80. The number of hydrogen-bond acceptors (Lipinski definition) is 6. The van der Waals surface area contributed by atoms with Crippen molar-refractivity contribution in [3.8, 4) is 0 Å². The monoisotopic (exact) mass is 274 g/mol. The molecule has 0 radical (unpaired) electrons. The Labute approximate surface area is 111 Å². The topological polar surface area (TPSA) is 142 Å². The lowest BCUT2D eigenvalue weighted by molar-refractivity contribution is -0.122. The van der Waals surface area contributed by atoms with Crippen molar-refractivity contribution < 1.29 is 19.8 Å². The maximum atomic E-state index is 10.6. The van der Waals surface area contributed by atoms with Gasteiger partial charge in [-0.05, 0) is 19.9 Å². The summed E-state index contributed by atoms with van der Waals surface area (Å²) in [6.45, 7) is 1.03. The summed E-state index contributed by atoms with van der Waals surface area (Å²) in [7, 11) is 1.78. The van der Waals surface area contributed by atoms with Gasteiger partial charge in [-0.2, -0.15) is 0 Å². The molecule has 8 heteroatoms. The second kappa shape index (κ2) is 6.80. The number of aliphatic hydroxyl groups is 2. The quantitative estimate of drug-likeness (QED) is 0.357. The third kappa shape index (κ3) is 4.75. The zero-order valence-electron chi connectivity index (χ0n) is 11.0. The number of primary amides is 2. The molecule has 2 fully saturated rings. The van der Waals surface area contributed by atoms with Crippen molar-refractivity contribution in [2.24, 2.45) is 11.5 Å². The summed E-state index contributed by atoms with van der Waals surface area (Å²) >= 11 is 0. The number of aliphatic hydroxyl groups excluding tert-OH is 2. The third-order valence-corrected chi connectivity index (χ3v) is 3.31. The van der Waals surface area contributed by atoms with Gasteiger partial charge in [0.2, 0.25) is 11.8 Å². The fourth-order valence-electron chi connectivity index (χ4n) is 2.24. The van der Waals surface area contributed by atoms with E-state index in [1.165, 1.54) is 0 Å². The summed E-state index contributed by atoms with van der Waals surface area (Å²) in [6, 6.07) is -0.588. The van der Waals surface area contributed by atoms with Gasteiger partial charge in [-0.25, -0.2) is 0 Å². The number of carbonyl (C=O) groups excluding carboxylic acids is 2. The Hall–Kier alpha value is -1.22. The minimum atomic E-state index is -0.400. The molecule has 0 unspecified atom stereocenters. The summed E-state index contributed by atoms with van der Waals surface area (Å²) < 4.78 is 0. The number of nitrogens with one attached hydrogen (secondary N) is 1. The molecule has 0 aromatic heterocycles. The second-order valence-corrected chi connectivity index (χ2v) is 5.00. The van der Waals surface area contributed by atoms with Gasteiger partial charge >= 0.3 is 0 Å². The summed E-state index contributed by atoms with van der Waals surface area (Å²) in [4.78, 5) is 22.8. The molecule has 110 valence electrons. The lowest BCUT2D eigenvalue weighted by Crippen LogP contribution is -2.37. The van der Waals surface area contributed by atoms with Crippen LogP contribution in [0.15, 0.2) is 0 Å².